The minimum atomic E-state index is -1.20. The van der Waals surface area contributed by atoms with Crippen LogP contribution in [0.2, 0.25) is 0 Å². The van der Waals surface area contributed by atoms with Crippen molar-refractivity contribution in [3.05, 3.63) is 0 Å². The number of likely N-dealkylation sites (N-methyl/N-ethyl adjacent to an activating group) is 1. The first-order chi connectivity index (χ1) is 21.3. The van der Waals surface area contributed by atoms with E-state index in [1.807, 2.05) is 6.92 Å². The SMILES string of the molecule is CCC[C@@H](C(=O)N[C@@H](C[C@@H]1CCCNC1=O)C(=O)C(=O)NCC1CCCCC1)N(C)C(=O)[C@H](NC(=O)C(C)(C)C)C1CCCC1. The van der Waals surface area contributed by atoms with E-state index in [1.54, 1.807) is 27.8 Å². The van der Waals surface area contributed by atoms with Gasteiger partial charge in [-0.05, 0) is 63.2 Å². The van der Waals surface area contributed by atoms with Crippen molar-refractivity contribution in [3.8, 4) is 0 Å². The molecule has 11 heteroatoms. The van der Waals surface area contributed by atoms with E-state index in [0.29, 0.717) is 38.3 Å². The number of Topliss-reactive ketones (excluding diaryl/α,β-unsaturated/α-hetero) is 1. The highest BCUT2D eigenvalue weighted by Gasteiger charge is 2.40. The first-order valence-electron chi connectivity index (χ1n) is 17.3. The molecule has 3 fully saturated rings. The fourth-order valence-electron chi connectivity index (χ4n) is 6.89. The molecule has 254 valence electrons. The van der Waals surface area contributed by atoms with Crippen LogP contribution >= 0.6 is 0 Å². The number of carbonyl (C=O) groups is 6. The van der Waals surface area contributed by atoms with Gasteiger partial charge < -0.3 is 26.2 Å². The summed E-state index contributed by atoms with van der Waals surface area (Å²) in [5.41, 5.74) is -0.688. The molecule has 0 unspecified atom stereocenters. The third-order valence-electron chi connectivity index (χ3n) is 9.84. The summed E-state index contributed by atoms with van der Waals surface area (Å²) in [6.07, 6.45) is 11.2. The molecule has 4 atom stereocenters. The summed E-state index contributed by atoms with van der Waals surface area (Å²) in [6, 6.07) is -2.88. The molecule has 5 amide bonds. The van der Waals surface area contributed by atoms with Gasteiger partial charge >= 0.3 is 0 Å². The lowest BCUT2D eigenvalue weighted by Gasteiger charge is -2.35. The van der Waals surface area contributed by atoms with E-state index in [2.05, 4.69) is 21.3 Å². The Hall–Kier alpha value is -2.98. The zero-order chi connectivity index (χ0) is 33.1. The standard InChI is InChI=1S/C34H57N5O6/c1-6-13-26(39(5)32(44)27(23-16-10-11-17-23)38-33(45)34(2,3)4)30(42)37-25(20-24-18-12-19-35-29(24)41)28(40)31(43)36-21-22-14-8-7-9-15-22/h22-27H,6-21H2,1-5H3,(H,35,41)(H,36,43)(H,37,42)(H,38,45)/t24-,25-,26-,27+/m0/s1. The molecule has 0 aromatic carbocycles. The Bertz CT molecular complexity index is 1060. The van der Waals surface area contributed by atoms with E-state index in [0.717, 1.165) is 57.8 Å². The number of amides is 5. The molecular formula is C34H57N5O6. The second-order valence-corrected chi connectivity index (χ2v) is 14.5. The molecule has 2 saturated carbocycles. The third kappa shape index (κ3) is 10.5. The Labute approximate surface area is 269 Å². The van der Waals surface area contributed by atoms with Gasteiger partial charge in [-0.15, -0.1) is 0 Å². The molecule has 0 spiro atoms. The second kappa shape index (κ2) is 17.1. The van der Waals surface area contributed by atoms with Gasteiger partial charge in [-0.25, -0.2) is 0 Å². The maximum atomic E-state index is 14.0. The number of nitrogens with one attached hydrogen (secondary N) is 4. The van der Waals surface area contributed by atoms with Crippen molar-refractivity contribution >= 4 is 35.3 Å². The van der Waals surface area contributed by atoms with Gasteiger partial charge in [-0.1, -0.05) is 66.2 Å². The summed E-state index contributed by atoms with van der Waals surface area (Å²) in [6.45, 7) is 8.26. The summed E-state index contributed by atoms with van der Waals surface area (Å²) >= 11 is 0. The number of carbonyl (C=O) groups excluding carboxylic acids is 6. The first-order valence-corrected chi connectivity index (χ1v) is 17.3. The van der Waals surface area contributed by atoms with Gasteiger partial charge in [0.15, 0.2) is 0 Å². The van der Waals surface area contributed by atoms with E-state index in [4.69, 9.17) is 0 Å². The average Bonchev–Trinajstić information content (AvgIpc) is 3.55. The van der Waals surface area contributed by atoms with Crippen molar-refractivity contribution in [1.82, 2.24) is 26.2 Å². The summed E-state index contributed by atoms with van der Waals surface area (Å²) in [7, 11) is 1.57. The van der Waals surface area contributed by atoms with E-state index in [9.17, 15) is 28.8 Å². The molecule has 45 heavy (non-hydrogen) atoms. The van der Waals surface area contributed by atoms with Gasteiger partial charge in [-0.3, -0.25) is 28.8 Å². The maximum Gasteiger partial charge on any atom is 0.289 e. The maximum absolute atomic E-state index is 14.0. The largest absolute Gasteiger partial charge is 0.356 e. The average molecular weight is 632 g/mol. The van der Waals surface area contributed by atoms with Crippen molar-refractivity contribution in [2.24, 2.45) is 23.2 Å². The van der Waals surface area contributed by atoms with Crippen molar-refractivity contribution in [1.29, 1.82) is 0 Å². The van der Waals surface area contributed by atoms with Crippen LogP contribution in [0.5, 0.6) is 0 Å². The molecule has 1 aliphatic heterocycles. The molecule has 1 heterocycles. The normalized spacial score (nSPS) is 21.6. The highest BCUT2D eigenvalue weighted by molar-refractivity contribution is 6.38. The zero-order valence-electron chi connectivity index (χ0n) is 28.2. The molecule has 3 aliphatic rings. The molecule has 0 bridgehead atoms. The summed E-state index contributed by atoms with van der Waals surface area (Å²) in [5.74, 6) is -3.05. The van der Waals surface area contributed by atoms with Crippen LogP contribution in [0.25, 0.3) is 0 Å². The molecular weight excluding hydrogens is 574 g/mol. The fourth-order valence-corrected chi connectivity index (χ4v) is 6.89. The molecule has 1 saturated heterocycles. The molecule has 4 N–H and O–H groups in total. The molecule has 0 radical (unpaired) electrons. The van der Waals surface area contributed by atoms with Crippen LogP contribution in [0.3, 0.4) is 0 Å². The van der Waals surface area contributed by atoms with E-state index < -0.39 is 47.1 Å². The molecule has 3 rings (SSSR count). The van der Waals surface area contributed by atoms with Gasteiger partial charge in [0.05, 0.1) is 6.04 Å². The lowest BCUT2D eigenvalue weighted by atomic mass is 9.88. The van der Waals surface area contributed by atoms with Crippen LogP contribution in [-0.2, 0) is 28.8 Å². The van der Waals surface area contributed by atoms with Gasteiger partial charge in [-0.2, -0.15) is 0 Å². The van der Waals surface area contributed by atoms with Crippen LogP contribution < -0.4 is 21.3 Å². The van der Waals surface area contributed by atoms with Crippen molar-refractivity contribution in [2.45, 2.75) is 136 Å². The number of rotatable bonds is 14. The Morgan fingerprint density at radius 3 is 2.16 bits per heavy atom. The van der Waals surface area contributed by atoms with Crippen LogP contribution in [0.1, 0.15) is 118 Å². The lowest BCUT2D eigenvalue weighted by molar-refractivity contribution is -0.145. The minimum absolute atomic E-state index is 0.0100. The van der Waals surface area contributed by atoms with Gasteiger partial charge in [0.1, 0.15) is 12.1 Å². The molecule has 0 aromatic heterocycles. The van der Waals surface area contributed by atoms with Crippen molar-refractivity contribution in [3.63, 3.8) is 0 Å². The minimum Gasteiger partial charge on any atom is -0.356 e. The smallest absolute Gasteiger partial charge is 0.289 e. The number of hydrogen-bond acceptors (Lipinski definition) is 6. The highest BCUT2D eigenvalue weighted by Crippen LogP contribution is 2.30. The lowest BCUT2D eigenvalue weighted by Crippen LogP contribution is -2.59. The van der Waals surface area contributed by atoms with E-state index in [-0.39, 0.29) is 30.1 Å². The number of nitrogens with zero attached hydrogens (tertiary/aromatic N) is 1. The third-order valence-corrected chi connectivity index (χ3v) is 9.84. The van der Waals surface area contributed by atoms with Crippen molar-refractivity contribution < 1.29 is 28.8 Å². The highest BCUT2D eigenvalue weighted by atomic mass is 16.2. The van der Waals surface area contributed by atoms with E-state index >= 15 is 0 Å². The Kier molecular flexibility index (Phi) is 13.8. The summed E-state index contributed by atoms with van der Waals surface area (Å²) in [5, 5.41) is 11.4. The van der Waals surface area contributed by atoms with Crippen molar-refractivity contribution in [2.75, 3.05) is 20.1 Å². The van der Waals surface area contributed by atoms with Crippen LogP contribution in [0.4, 0.5) is 0 Å². The zero-order valence-corrected chi connectivity index (χ0v) is 28.2. The monoisotopic (exact) mass is 631 g/mol. The molecule has 11 nitrogen and oxygen atoms in total. The number of hydrogen-bond donors (Lipinski definition) is 4. The Balaban J connectivity index is 1.78. The predicted octanol–water partition coefficient (Wildman–Crippen LogP) is 3.00. The number of piperidine rings is 1. The van der Waals surface area contributed by atoms with Crippen LogP contribution in [-0.4, -0.2) is 78.5 Å². The molecule has 2 aliphatic carbocycles. The van der Waals surface area contributed by atoms with Gasteiger partial charge in [0, 0.05) is 31.5 Å². The van der Waals surface area contributed by atoms with Crippen LogP contribution in [0, 0.1) is 23.2 Å². The van der Waals surface area contributed by atoms with E-state index in [1.165, 1.54) is 11.3 Å². The topological polar surface area (TPSA) is 154 Å². The summed E-state index contributed by atoms with van der Waals surface area (Å²) < 4.78 is 0. The number of ketones is 1. The van der Waals surface area contributed by atoms with Crippen LogP contribution in [0.15, 0.2) is 0 Å². The quantitative estimate of drug-likeness (QED) is 0.216. The predicted molar refractivity (Wildman–Crippen MR) is 172 cm³/mol. The summed E-state index contributed by atoms with van der Waals surface area (Å²) in [4.78, 5) is 81.5. The fraction of sp³-hybridized carbons (Fsp3) is 0.824. The molecule has 0 aromatic rings. The Morgan fingerprint density at radius 1 is 0.911 bits per heavy atom. The van der Waals surface area contributed by atoms with Gasteiger partial charge in [0.25, 0.3) is 5.91 Å². The Morgan fingerprint density at radius 2 is 1.56 bits per heavy atom. The van der Waals surface area contributed by atoms with Gasteiger partial charge in [0.2, 0.25) is 29.4 Å². The first kappa shape index (κ1) is 36.5. The second-order valence-electron chi connectivity index (χ2n) is 14.5.